The number of nitrogens with one attached hydrogen (secondary N) is 1. The first-order valence-electron chi connectivity index (χ1n) is 8.29. The van der Waals surface area contributed by atoms with Gasteiger partial charge in [-0.05, 0) is 11.6 Å². The summed E-state index contributed by atoms with van der Waals surface area (Å²) in [6, 6.07) is 3.98. The fourth-order valence-electron chi connectivity index (χ4n) is 2.65. The lowest BCUT2D eigenvalue weighted by molar-refractivity contribution is 0.151. The number of H-pyrrole nitrogens is 1. The predicted octanol–water partition coefficient (Wildman–Crippen LogP) is 4.04. The van der Waals surface area contributed by atoms with Crippen LogP contribution < -0.4 is 11.1 Å². The Morgan fingerprint density at radius 1 is 1.17 bits per heavy atom. The Balaban J connectivity index is 1.77. The van der Waals surface area contributed by atoms with Crippen molar-refractivity contribution < 1.29 is 17.6 Å². The molecular formula is C18H10F4N4O2S2. The van der Waals surface area contributed by atoms with Crippen LogP contribution in [0.5, 0.6) is 0 Å². The molecule has 3 aromatic heterocycles. The maximum Gasteiger partial charge on any atom is 0.284 e. The second kappa shape index (κ2) is 8.03. The van der Waals surface area contributed by atoms with E-state index in [0.29, 0.717) is 0 Å². The number of fused-ring (bicyclic) bond motifs is 1. The van der Waals surface area contributed by atoms with Crippen LogP contribution in [0.15, 0.2) is 50.7 Å². The van der Waals surface area contributed by atoms with E-state index in [-0.39, 0.29) is 32.5 Å². The van der Waals surface area contributed by atoms with E-state index in [2.05, 4.69) is 15.0 Å². The van der Waals surface area contributed by atoms with Gasteiger partial charge < -0.3 is 4.98 Å². The second-order valence-corrected chi connectivity index (χ2v) is 7.81. The average Bonchev–Trinajstić information content (AvgIpc) is 3.18. The van der Waals surface area contributed by atoms with Crippen molar-refractivity contribution in [3.63, 3.8) is 0 Å². The highest BCUT2D eigenvalue weighted by Gasteiger charge is 2.18. The normalized spacial score (nSPS) is 11.5. The molecule has 0 unspecified atom stereocenters. The van der Waals surface area contributed by atoms with Crippen molar-refractivity contribution in [1.82, 2.24) is 19.5 Å². The molecule has 1 N–H and O–H groups in total. The number of aromatic amines is 1. The van der Waals surface area contributed by atoms with E-state index in [1.807, 2.05) is 0 Å². The summed E-state index contributed by atoms with van der Waals surface area (Å²) in [5.74, 6) is -1.95. The SMILES string of the molecule is O=c1[nH]cc(-n2c(SCc3ccc(C(F)F)cc3F)nc3ncsc3c2=O)cc1F. The minimum atomic E-state index is -2.80. The van der Waals surface area contributed by atoms with Gasteiger partial charge in [-0.2, -0.15) is 0 Å². The molecule has 0 saturated carbocycles. The largest absolute Gasteiger partial charge is 0.324 e. The molecule has 0 atom stereocenters. The standard InChI is InChI=1S/C18H10F4N4O2S2/c19-11-3-8(14(21)22)1-2-9(11)6-29-18-25-15-13(30-7-24-15)17(28)26(18)10-4-12(20)16(27)23-5-10/h1-5,7,14H,6H2,(H,23,27). The quantitative estimate of drug-likeness (QED) is 0.280. The van der Waals surface area contributed by atoms with Crippen LogP contribution in [-0.4, -0.2) is 19.5 Å². The van der Waals surface area contributed by atoms with Gasteiger partial charge in [0.15, 0.2) is 16.6 Å². The molecule has 0 spiro atoms. The molecule has 3 heterocycles. The number of aromatic nitrogens is 4. The second-order valence-electron chi connectivity index (χ2n) is 6.02. The van der Waals surface area contributed by atoms with E-state index < -0.39 is 34.7 Å². The molecule has 0 amide bonds. The number of thiazole rings is 1. The highest BCUT2D eigenvalue weighted by atomic mass is 32.2. The van der Waals surface area contributed by atoms with Gasteiger partial charge >= 0.3 is 0 Å². The summed E-state index contributed by atoms with van der Waals surface area (Å²) >= 11 is 1.99. The summed E-state index contributed by atoms with van der Waals surface area (Å²) in [5.41, 5.74) is -0.189. The lowest BCUT2D eigenvalue weighted by atomic mass is 10.1. The fourth-order valence-corrected chi connectivity index (χ4v) is 4.29. The number of hydrogen-bond acceptors (Lipinski definition) is 6. The van der Waals surface area contributed by atoms with Gasteiger partial charge in [0.1, 0.15) is 10.5 Å². The van der Waals surface area contributed by atoms with E-state index in [9.17, 15) is 27.2 Å². The smallest absolute Gasteiger partial charge is 0.284 e. The van der Waals surface area contributed by atoms with Gasteiger partial charge in [-0.3, -0.25) is 14.2 Å². The maximum absolute atomic E-state index is 14.2. The van der Waals surface area contributed by atoms with E-state index in [1.54, 1.807) is 0 Å². The Kier molecular flexibility index (Phi) is 5.43. The van der Waals surface area contributed by atoms with Crippen molar-refractivity contribution in [3.05, 3.63) is 79.4 Å². The van der Waals surface area contributed by atoms with E-state index in [1.165, 1.54) is 11.6 Å². The molecule has 0 aliphatic rings. The highest BCUT2D eigenvalue weighted by Crippen LogP contribution is 2.28. The monoisotopic (exact) mass is 454 g/mol. The van der Waals surface area contributed by atoms with Gasteiger partial charge in [-0.15, -0.1) is 11.3 Å². The van der Waals surface area contributed by atoms with Crippen LogP contribution in [0.1, 0.15) is 17.6 Å². The van der Waals surface area contributed by atoms with Crippen molar-refractivity contribution in [2.45, 2.75) is 17.3 Å². The lowest BCUT2D eigenvalue weighted by Crippen LogP contribution is -2.23. The lowest BCUT2D eigenvalue weighted by Gasteiger charge is -2.12. The van der Waals surface area contributed by atoms with Gasteiger partial charge in [-0.25, -0.2) is 27.5 Å². The van der Waals surface area contributed by atoms with E-state index in [4.69, 9.17) is 0 Å². The molecule has 30 heavy (non-hydrogen) atoms. The van der Waals surface area contributed by atoms with Gasteiger partial charge in [-0.1, -0.05) is 23.9 Å². The molecule has 154 valence electrons. The third-order valence-corrected chi connectivity index (χ3v) is 5.92. The third kappa shape index (κ3) is 3.75. The van der Waals surface area contributed by atoms with Crippen LogP contribution in [0, 0.1) is 11.6 Å². The van der Waals surface area contributed by atoms with Crippen LogP contribution in [-0.2, 0) is 5.75 Å². The Bertz CT molecular complexity index is 1370. The van der Waals surface area contributed by atoms with E-state index in [0.717, 1.165) is 52.1 Å². The molecular weight excluding hydrogens is 444 g/mol. The first-order chi connectivity index (χ1) is 14.3. The zero-order valence-electron chi connectivity index (χ0n) is 14.7. The zero-order chi connectivity index (χ0) is 21.4. The van der Waals surface area contributed by atoms with E-state index >= 15 is 0 Å². The molecule has 6 nitrogen and oxygen atoms in total. The topological polar surface area (TPSA) is 80.6 Å². The Hall–Kier alpha value is -2.99. The molecule has 4 rings (SSSR count). The highest BCUT2D eigenvalue weighted by molar-refractivity contribution is 7.98. The Labute approximate surface area is 173 Å². The van der Waals surface area contributed by atoms with Gasteiger partial charge in [0.2, 0.25) is 0 Å². The molecule has 0 saturated heterocycles. The third-order valence-electron chi connectivity index (χ3n) is 4.13. The Morgan fingerprint density at radius 2 is 1.97 bits per heavy atom. The number of thioether (sulfide) groups is 1. The van der Waals surface area contributed by atoms with Crippen molar-refractivity contribution in [3.8, 4) is 5.69 Å². The molecule has 4 aromatic rings. The maximum atomic E-state index is 14.2. The van der Waals surface area contributed by atoms with Crippen LogP contribution in [0.4, 0.5) is 17.6 Å². The van der Waals surface area contributed by atoms with Gasteiger partial charge in [0.25, 0.3) is 17.5 Å². The van der Waals surface area contributed by atoms with Gasteiger partial charge in [0, 0.05) is 23.6 Å². The average molecular weight is 454 g/mol. The minimum Gasteiger partial charge on any atom is -0.324 e. The number of benzene rings is 1. The minimum absolute atomic E-state index is 0.0240. The number of hydrogen-bond donors (Lipinski definition) is 1. The van der Waals surface area contributed by atoms with Crippen molar-refractivity contribution in [2.75, 3.05) is 0 Å². The zero-order valence-corrected chi connectivity index (χ0v) is 16.4. The summed E-state index contributed by atoms with van der Waals surface area (Å²) in [4.78, 5) is 34.7. The summed E-state index contributed by atoms with van der Waals surface area (Å²) in [6.45, 7) is 0. The van der Waals surface area contributed by atoms with Crippen LogP contribution >= 0.6 is 23.1 Å². The first-order valence-corrected chi connectivity index (χ1v) is 10.2. The van der Waals surface area contributed by atoms with Crippen LogP contribution in [0.25, 0.3) is 16.0 Å². The Morgan fingerprint density at radius 3 is 2.67 bits per heavy atom. The van der Waals surface area contributed by atoms with Crippen molar-refractivity contribution in [2.24, 2.45) is 0 Å². The summed E-state index contributed by atoms with van der Waals surface area (Å²) in [7, 11) is 0. The number of pyridine rings is 1. The number of rotatable bonds is 5. The van der Waals surface area contributed by atoms with Gasteiger partial charge in [0.05, 0.1) is 11.2 Å². The predicted molar refractivity (Wildman–Crippen MR) is 105 cm³/mol. The summed E-state index contributed by atoms with van der Waals surface area (Å²) < 4.78 is 54.7. The molecule has 0 aliphatic carbocycles. The van der Waals surface area contributed by atoms with Crippen LogP contribution in [0.2, 0.25) is 0 Å². The molecule has 0 fully saturated rings. The summed E-state index contributed by atoms with van der Waals surface area (Å²) in [6.07, 6.45) is -1.64. The van der Waals surface area contributed by atoms with Crippen molar-refractivity contribution in [1.29, 1.82) is 0 Å². The summed E-state index contributed by atoms with van der Waals surface area (Å²) in [5, 5.41) is 0.0715. The first kappa shape index (κ1) is 20.3. The van der Waals surface area contributed by atoms with Crippen molar-refractivity contribution >= 4 is 33.4 Å². The molecule has 0 radical (unpaired) electrons. The number of nitrogens with zero attached hydrogens (tertiary/aromatic N) is 3. The molecule has 0 bridgehead atoms. The number of halogens is 4. The molecule has 12 heteroatoms. The fraction of sp³-hybridized carbons (Fsp3) is 0.111. The number of alkyl halides is 2. The molecule has 1 aromatic carbocycles. The molecule has 0 aliphatic heterocycles. The van der Waals surface area contributed by atoms with Crippen LogP contribution in [0.3, 0.4) is 0 Å².